The highest BCUT2D eigenvalue weighted by atomic mass is 32.2. The van der Waals surface area contributed by atoms with E-state index in [-0.39, 0.29) is 24.3 Å². The van der Waals surface area contributed by atoms with Crippen molar-refractivity contribution in [1.82, 2.24) is 4.31 Å². The summed E-state index contributed by atoms with van der Waals surface area (Å²) in [6.07, 6.45) is -2.84. The molecule has 1 heterocycles. The molecule has 1 aliphatic carbocycles. The van der Waals surface area contributed by atoms with Gasteiger partial charge < -0.3 is 5.73 Å². The van der Waals surface area contributed by atoms with Crippen molar-refractivity contribution < 1.29 is 21.6 Å². The Balaban J connectivity index is 1.91. The molecule has 20 heavy (non-hydrogen) atoms. The maximum Gasteiger partial charge on any atom is 0.389 e. The highest BCUT2D eigenvalue weighted by molar-refractivity contribution is 7.89. The molecular weight excluding hydrogens is 293 g/mol. The van der Waals surface area contributed by atoms with Gasteiger partial charge in [0.25, 0.3) is 0 Å². The Morgan fingerprint density at radius 1 is 1.20 bits per heavy atom. The standard InChI is InChI=1S/C12H21F3N2O2S/c13-12(14,15)5-2-6-20(18,19)17-7-9-3-1-4-11(16)10(9)8-17/h9-11H,1-8,16H2. The molecule has 0 aromatic carbocycles. The van der Waals surface area contributed by atoms with E-state index in [0.717, 1.165) is 19.3 Å². The molecule has 1 saturated carbocycles. The fraction of sp³-hybridized carbons (Fsp3) is 1.00. The van der Waals surface area contributed by atoms with Crippen molar-refractivity contribution in [3.63, 3.8) is 0 Å². The molecule has 0 aromatic rings. The minimum atomic E-state index is -4.29. The molecule has 2 fully saturated rings. The van der Waals surface area contributed by atoms with E-state index in [0.29, 0.717) is 13.1 Å². The van der Waals surface area contributed by atoms with E-state index in [4.69, 9.17) is 5.73 Å². The Kier molecular flexibility index (Phi) is 4.66. The van der Waals surface area contributed by atoms with E-state index >= 15 is 0 Å². The average Bonchev–Trinajstić information content (AvgIpc) is 2.73. The van der Waals surface area contributed by atoms with Gasteiger partial charge in [-0.2, -0.15) is 13.2 Å². The number of rotatable bonds is 4. The quantitative estimate of drug-likeness (QED) is 0.859. The van der Waals surface area contributed by atoms with Gasteiger partial charge in [0.1, 0.15) is 0 Å². The highest BCUT2D eigenvalue weighted by Gasteiger charge is 2.42. The molecule has 118 valence electrons. The van der Waals surface area contributed by atoms with Crippen LogP contribution in [0.2, 0.25) is 0 Å². The zero-order chi connectivity index (χ0) is 15.0. The van der Waals surface area contributed by atoms with Crippen molar-refractivity contribution in [2.45, 2.75) is 44.3 Å². The average molecular weight is 314 g/mol. The molecule has 0 aromatic heterocycles. The molecule has 0 bridgehead atoms. The summed E-state index contributed by atoms with van der Waals surface area (Å²) in [6.45, 7) is 0.799. The summed E-state index contributed by atoms with van der Waals surface area (Å²) in [7, 11) is -3.59. The van der Waals surface area contributed by atoms with Crippen LogP contribution in [-0.2, 0) is 10.0 Å². The molecule has 2 rings (SSSR count). The van der Waals surface area contributed by atoms with Gasteiger partial charge in [0, 0.05) is 25.6 Å². The normalized spacial score (nSPS) is 32.3. The van der Waals surface area contributed by atoms with Crippen LogP contribution in [0.15, 0.2) is 0 Å². The van der Waals surface area contributed by atoms with Crippen LogP contribution in [0, 0.1) is 11.8 Å². The lowest BCUT2D eigenvalue weighted by Gasteiger charge is -2.29. The lowest BCUT2D eigenvalue weighted by Crippen LogP contribution is -2.38. The zero-order valence-corrected chi connectivity index (χ0v) is 12.1. The first-order valence-electron chi connectivity index (χ1n) is 6.99. The van der Waals surface area contributed by atoms with Crippen LogP contribution in [0.1, 0.15) is 32.1 Å². The van der Waals surface area contributed by atoms with Crippen LogP contribution < -0.4 is 5.73 Å². The Hall–Kier alpha value is -0.340. The smallest absolute Gasteiger partial charge is 0.327 e. The number of sulfonamides is 1. The van der Waals surface area contributed by atoms with Crippen molar-refractivity contribution in [2.75, 3.05) is 18.8 Å². The third-order valence-corrected chi connectivity index (χ3v) is 6.27. The Morgan fingerprint density at radius 3 is 2.50 bits per heavy atom. The SMILES string of the molecule is NC1CCCC2CN(S(=O)(=O)CCCC(F)(F)F)CC12. The zero-order valence-electron chi connectivity index (χ0n) is 11.3. The van der Waals surface area contributed by atoms with Crippen molar-refractivity contribution in [2.24, 2.45) is 17.6 Å². The first-order valence-corrected chi connectivity index (χ1v) is 8.60. The van der Waals surface area contributed by atoms with Gasteiger partial charge in [-0.25, -0.2) is 12.7 Å². The molecule has 0 spiro atoms. The summed E-state index contributed by atoms with van der Waals surface area (Å²) in [5, 5.41) is 0. The second kappa shape index (κ2) is 5.81. The molecule has 1 aliphatic heterocycles. The van der Waals surface area contributed by atoms with Gasteiger partial charge >= 0.3 is 6.18 Å². The monoisotopic (exact) mass is 314 g/mol. The predicted molar refractivity (Wildman–Crippen MR) is 69.5 cm³/mol. The highest BCUT2D eigenvalue weighted by Crippen LogP contribution is 2.36. The minimum Gasteiger partial charge on any atom is -0.327 e. The fourth-order valence-electron chi connectivity index (χ4n) is 3.29. The van der Waals surface area contributed by atoms with Gasteiger partial charge in [-0.15, -0.1) is 0 Å². The summed E-state index contributed by atoms with van der Waals surface area (Å²) >= 11 is 0. The lowest BCUT2D eigenvalue weighted by atomic mass is 9.78. The van der Waals surface area contributed by atoms with Gasteiger partial charge in [-0.3, -0.25) is 0 Å². The number of nitrogens with zero attached hydrogens (tertiary/aromatic N) is 1. The summed E-state index contributed by atoms with van der Waals surface area (Å²) in [5.41, 5.74) is 6.01. The van der Waals surface area contributed by atoms with Crippen molar-refractivity contribution in [3.8, 4) is 0 Å². The van der Waals surface area contributed by atoms with Crippen LogP contribution in [0.4, 0.5) is 13.2 Å². The lowest BCUT2D eigenvalue weighted by molar-refractivity contribution is -0.134. The number of halogens is 3. The van der Waals surface area contributed by atoms with Crippen molar-refractivity contribution in [3.05, 3.63) is 0 Å². The van der Waals surface area contributed by atoms with Crippen LogP contribution in [-0.4, -0.2) is 43.8 Å². The molecular formula is C12H21F3N2O2S. The number of alkyl halides is 3. The molecule has 4 nitrogen and oxygen atoms in total. The topological polar surface area (TPSA) is 63.4 Å². The van der Waals surface area contributed by atoms with E-state index in [1.54, 1.807) is 0 Å². The Morgan fingerprint density at radius 2 is 1.90 bits per heavy atom. The van der Waals surface area contributed by atoms with Gasteiger partial charge in [-0.1, -0.05) is 6.42 Å². The fourth-order valence-corrected chi connectivity index (χ4v) is 4.87. The van der Waals surface area contributed by atoms with Gasteiger partial charge in [0.2, 0.25) is 10.0 Å². The van der Waals surface area contributed by atoms with Gasteiger partial charge in [-0.05, 0) is 31.1 Å². The van der Waals surface area contributed by atoms with E-state index < -0.39 is 28.4 Å². The number of fused-ring (bicyclic) bond motifs is 1. The largest absolute Gasteiger partial charge is 0.389 e. The summed E-state index contributed by atoms with van der Waals surface area (Å²) < 4.78 is 61.8. The number of nitrogens with two attached hydrogens (primary N) is 1. The Bertz CT molecular complexity index is 438. The second-order valence-corrected chi connectivity index (χ2v) is 7.96. The summed E-state index contributed by atoms with van der Waals surface area (Å²) in [6, 6.07) is 0.0177. The van der Waals surface area contributed by atoms with Crippen molar-refractivity contribution in [1.29, 1.82) is 0 Å². The molecule has 3 unspecified atom stereocenters. The molecule has 0 amide bonds. The Labute approximate surface area is 117 Å². The molecule has 1 saturated heterocycles. The van der Waals surface area contributed by atoms with E-state index in [1.165, 1.54) is 4.31 Å². The minimum absolute atomic E-state index is 0.0177. The van der Waals surface area contributed by atoms with Gasteiger partial charge in [0.05, 0.1) is 5.75 Å². The molecule has 8 heteroatoms. The van der Waals surface area contributed by atoms with E-state index in [1.807, 2.05) is 0 Å². The summed E-state index contributed by atoms with van der Waals surface area (Å²) in [5.74, 6) is 0.0126. The van der Waals surface area contributed by atoms with Crippen molar-refractivity contribution >= 4 is 10.0 Å². The maximum absolute atomic E-state index is 12.1. The number of hydrogen-bond acceptors (Lipinski definition) is 3. The van der Waals surface area contributed by atoms with E-state index in [9.17, 15) is 21.6 Å². The predicted octanol–water partition coefficient (Wildman–Crippen LogP) is 1.72. The second-order valence-electron chi connectivity index (χ2n) is 5.87. The molecule has 0 radical (unpaired) electrons. The van der Waals surface area contributed by atoms with E-state index in [2.05, 4.69) is 0 Å². The van der Waals surface area contributed by atoms with Gasteiger partial charge in [0.15, 0.2) is 0 Å². The number of hydrogen-bond donors (Lipinski definition) is 1. The summed E-state index contributed by atoms with van der Waals surface area (Å²) in [4.78, 5) is 0. The van der Waals surface area contributed by atoms with Crippen LogP contribution in [0.3, 0.4) is 0 Å². The molecule has 2 aliphatic rings. The van der Waals surface area contributed by atoms with Crippen LogP contribution in [0.5, 0.6) is 0 Å². The first-order chi connectivity index (χ1) is 9.19. The van der Waals surface area contributed by atoms with Crippen LogP contribution in [0.25, 0.3) is 0 Å². The molecule has 3 atom stereocenters. The maximum atomic E-state index is 12.1. The third-order valence-electron chi connectivity index (χ3n) is 4.38. The third kappa shape index (κ3) is 3.85. The van der Waals surface area contributed by atoms with Crippen LogP contribution >= 0.6 is 0 Å². The molecule has 2 N–H and O–H groups in total. The first kappa shape index (κ1) is 16.0.